The first-order chi connectivity index (χ1) is 9.19. The van der Waals surface area contributed by atoms with Gasteiger partial charge >= 0.3 is 0 Å². The normalized spacial score (nSPS) is 12.2. The Kier molecular flexibility index (Phi) is 4.80. The van der Waals surface area contributed by atoms with Crippen LogP contribution in [0.2, 0.25) is 0 Å². The molecule has 0 saturated carbocycles. The number of aryl methyl sites for hydroxylation is 1. The Labute approximate surface area is 119 Å². The average molecular weight is 275 g/mol. The number of nitrogens with one attached hydrogen (secondary N) is 2. The Balaban J connectivity index is 2.02. The Morgan fingerprint density at radius 3 is 2.74 bits per heavy atom. The third-order valence-corrected chi connectivity index (χ3v) is 4.07. The maximum atomic E-state index is 4.27. The molecule has 0 fully saturated rings. The third-order valence-electron chi connectivity index (χ3n) is 2.89. The predicted octanol–water partition coefficient (Wildman–Crippen LogP) is 4.45. The molecule has 0 aliphatic heterocycles. The van der Waals surface area contributed by atoms with Gasteiger partial charge in [0.1, 0.15) is 0 Å². The Morgan fingerprint density at radius 1 is 1.26 bits per heavy atom. The summed E-state index contributed by atoms with van der Waals surface area (Å²) in [7, 11) is 0. The first kappa shape index (κ1) is 13.9. The number of thiophene rings is 1. The molecular formula is C15H21N3S. The van der Waals surface area contributed by atoms with Crippen LogP contribution in [0.15, 0.2) is 30.6 Å². The van der Waals surface area contributed by atoms with Crippen LogP contribution in [-0.2, 0) is 0 Å². The molecule has 0 saturated heterocycles. The van der Waals surface area contributed by atoms with Gasteiger partial charge in [-0.3, -0.25) is 4.98 Å². The van der Waals surface area contributed by atoms with Crippen LogP contribution in [0.5, 0.6) is 0 Å². The lowest BCUT2D eigenvalue weighted by atomic mass is 10.2. The molecule has 0 radical (unpaired) electrons. The van der Waals surface area contributed by atoms with Gasteiger partial charge in [-0.05, 0) is 38.5 Å². The highest BCUT2D eigenvalue weighted by Crippen LogP contribution is 2.26. The minimum Gasteiger partial charge on any atom is -0.384 e. The number of hydrogen-bond acceptors (Lipinski definition) is 4. The quantitative estimate of drug-likeness (QED) is 0.818. The number of hydrogen-bond donors (Lipinski definition) is 2. The average Bonchev–Trinajstić information content (AvgIpc) is 2.83. The monoisotopic (exact) mass is 275 g/mol. The molecule has 1 atom stereocenters. The lowest BCUT2D eigenvalue weighted by Gasteiger charge is -2.14. The molecule has 4 heteroatoms. The second-order valence-corrected chi connectivity index (χ2v) is 6.02. The van der Waals surface area contributed by atoms with Crippen molar-refractivity contribution in [1.82, 2.24) is 4.98 Å². The molecule has 2 aromatic rings. The predicted molar refractivity (Wildman–Crippen MR) is 84.1 cm³/mol. The van der Waals surface area contributed by atoms with Crippen molar-refractivity contribution >= 4 is 22.7 Å². The fourth-order valence-corrected chi connectivity index (χ4v) is 2.77. The van der Waals surface area contributed by atoms with Crippen molar-refractivity contribution in [1.29, 1.82) is 0 Å². The van der Waals surface area contributed by atoms with Crippen LogP contribution in [0.25, 0.3) is 0 Å². The van der Waals surface area contributed by atoms with Crippen molar-refractivity contribution < 1.29 is 0 Å². The van der Waals surface area contributed by atoms with Crippen molar-refractivity contribution in [2.24, 2.45) is 0 Å². The molecule has 2 N–H and O–H groups in total. The zero-order chi connectivity index (χ0) is 13.7. The molecule has 3 nitrogen and oxygen atoms in total. The van der Waals surface area contributed by atoms with Crippen LogP contribution in [0.4, 0.5) is 11.4 Å². The molecule has 2 aromatic heterocycles. The first-order valence-electron chi connectivity index (χ1n) is 6.71. The molecule has 0 amide bonds. The number of pyridine rings is 1. The fraction of sp³-hybridized carbons (Fsp3) is 0.400. The lowest BCUT2D eigenvalue weighted by Crippen LogP contribution is -2.06. The van der Waals surface area contributed by atoms with E-state index < -0.39 is 0 Å². The van der Waals surface area contributed by atoms with Gasteiger partial charge < -0.3 is 10.6 Å². The Hall–Kier alpha value is -1.55. The largest absolute Gasteiger partial charge is 0.384 e. The third kappa shape index (κ3) is 3.96. The zero-order valence-corrected chi connectivity index (χ0v) is 12.6. The van der Waals surface area contributed by atoms with Crippen LogP contribution in [0.3, 0.4) is 0 Å². The van der Waals surface area contributed by atoms with Crippen LogP contribution in [0.1, 0.15) is 36.1 Å². The summed E-state index contributed by atoms with van der Waals surface area (Å²) >= 11 is 1.83. The molecule has 2 heterocycles. The lowest BCUT2D eigenvalue weighted by molar-refractivity contribution is 0.905. The van der Waals surface area contributed by atoms with Crippen molar-refractivity contribution in [3.8, 4) is 0 Å². The SMILES string of the molecule is CCCNc1cncc(NC(C)c2ccc(C)s2)c1. The van der Waals surface area contributed by atoms with Gasteiger partial charge in [-0.15, -0.1) is 11.3 Å². The summed E-state index contributed by atoms with van der Waals surface area (Å²) in [5.74, 6) is 0. The van der Waals surface area contributed by atoms with Gasteiger partial charge in [-0.25, -0.2) is 0 Å². The van der Waals surface area contributed by atoms with Gasteiger partial charge in [0.2, 0.25) is 0 Å². The maximum absolute atomic E-state index is 4.27. The molecule has 19 heavy (non-hydrogen) atoms. The number of aromatic nitrogens is 1. The summed E-state index contributed by atoms with van der Waals surface area (Å²) in [6.07, 6.45) is 4.84. The molecule has 0 spiro atoms. The van der Waals surface area contributed by atoms with E-state index in [9.17, 15) is 0 Å². The van der Waals surface area contributed by atoms with E-state index in [0.717, 1.165) is 24.3 Å². The highest BCUT2D eigenvalue weighted by atomic mass is 32.1. The number of anilines is 2. The van der Waals surface area contributed by atoms with E-state index in [1.54, 1.807) is 0 Å². The second-order valence-electron chi connectivity index (χ2n) is 4.70. The first-order valence-corrected chi connectivity index (χ1v) is 7.52. The van der Waals surface area contributed by atoms with E-state index in [2.05, 4.69) is 54.6 Å². The van der Waals surface area contributed by atoms with E-state index in [1.807, 2.05) is 23.7 Å². The smallest absolute Gasteiger partial charge is 0.0579 e. The molecular weight excluding hydrogens is 254 g/mol. The molecule has 0 aromatic carbocycles. The molecule has 102 valence electrons. The van der Waals surface area contributed by atoms with Gasteiger partial charge in [0.25, 0.3) is 0 Å². The van der Waals surface area contributed by atoms with E-state index in [0.29, 0.717) is 6.04 Å². The maximum Gasteiger partial charge on any atom is 0.0579 e. The number of nitrogens with zero attached hydrogens (tertiary/aromatic N) is 1. The van der Waals surface area contributed by atoms with Crippen molar-refractivity contribution in [3.05, 3.63) is 40.3 Å². The van der Waals surface area contributed by atoms with Crippen LogP contribution < -0.4 is 10.6 Å². The van der Waals surface area contributed by atoms with Gasteiger partial charge in [0.15, 0.2) is 0 Å². The van der Waals surface area contributed by atoms with Gasteiger partial charge in [0, 0.05) is 16.3 Å². The van der Waals surface area contributed by atoms with Gasteiger partial charge in [-0.2, -0.15) is 0 Å². The fourth-order valence-electron chi connectivity index (χ4n) is 1.89. The van der Waals surface area contributed by atoms with E-state index in [1.165, 1.54) is 9.75 Å². The summed E-state index contributed by atoms with van der Waals surface area (Å²) in [4.78, 5) is 6.97. The van der Waals surface area contributed by atoms with Crippen LogP contribution >= 0.6 is 11.3 Å². The second kappa shape index (κ2) is 6.57. The Morgan fingerprint density at radius 2 is 2.05 bits per heavy atom. The van der Waals surface area contributed by atoms with E-state index in [-0.39, 0.29) is 0 Å². The summed E-state index contributed by atoms with van der Waals surface area (Å²) in [6.45, 7) is 7.45. The van der Waals surface area contributed by atoms with Gasteiger partial charge in [0.05, 0.1) is 29.8 Å². The minimum absolute atomic E-state index is 0.307. The van der Waals surface area contributed by atoms with Crippen LogP contribution in [0, 0.1) is 6.92 Å². The Bertz CT molecular complexity index is 522. The topological polar surface area (TPSA) is 37.0 Å². The molecule has 0 bridgehead atoms. The number of rotatable bonds is 6. The molecule has 0 aliphatic rings. The van der Waals surface area contributed by atoms with Crippen molar-refractivity contribution in [2.75, 3.05) is 17.2 Å². The summed E-state index contributed by atoms with van der Waals surface area (Å²) in [5.41, 5.74) is 2.13. The van der Waals surface area contributed by atoms with E-state index >= 15 is 0 Å². The van der Waals surface area contributed by atoms with E-state index in [4.69, 9.17) is 0 Å². The van der Waals surface area contributed by atoms with Gasteiger partial charge in [-0.1, -0.05) is 6.92 Å². The summed E-state index contributed by atoms with van der Waals surface area (Å²) in [6, 6.07) is 6.77. The standard InChI is InChI=1S/C15H21N3S/c1-4-7-17-13-8-14(10-16-9-13)18-12(3)15-6-5-11(2)19-15/h5-6,8-10,12,17-18H,4,7H2,1-3H3. The van der Waals surface area contributed by atoms with Crippen LogP contribution in [-0.4, -0.2) is 11.5 Å². The van der Waals surface area contributed by atoms with Crippen molar-refractivity contribution in [2.45, 2.75) is 33.2 Å². The zero-order valence-electron chi connectivity index (χ0n) is 11.7. The summed E-state index contributed by atoms with van der Waals surface area (Å²) < 4.78 is 0. The molecule has 1 unspecified atom stereocenters. The highest BCUT2D eigenvalue weighted by molar-refractivity contribution is 7.12. The summed E-state index contributed by atoms with van der Waals surface area (Å²) in [5, 5.41) is 6.85. The molecule has 2 rings (SSSR count). The van der Waals surface area contributed by atoms with Crippen molar-refractivity contribution in [3.63, 3.8) is 0 Å². The highest BCUT2D eigenvalue weighted by Gasteiger charge is 2.07. The molecule has 0 aliphatic carbocycles. The minimum atomic E-state index is 0.307.